The van der Waals surface area contributed by atoms with Gasteiger partial charge in [-0.15, -0.1) is 5.10 Å². The summed E-state index contributed by atoms with van der Waals surface area (Å²) in [5.41, 5.74) is 5.49. The van der Waals surface area contributed by atoms with Gasteiger partial charge in [-0.3, -0.25) is 4.98 Å². The van der Waals surface area contributed by atoms with Crippen molar-refractivity contribution in [1.82, 2.24) is 29.1 Å². The van der Waals surface area contributed by atoms with Crippen LogP contribution in [-0.4, -0.2) is 29.1 Å². The highest BCUT2D eigenvalue weighted by atomic mass is 15.3. The third kappa shape index (κ3) is 2.62. The summed E-state index contributed by atoms with van der Waals surface area (Å²) in [4.78, 5) is 13.8. The van der Waals surface area contributed by atoms with Gasteiger partial charge in [0.1, 0.15) is 12.0 Å². The molecule has 0 bridgehead atoms. The molecule has 1 fully saturated rings. The van der Waals surface area contributed by atoms with E-state index in [0.29, 0.717) is 11.9 Å². The van der Waals surface area contributed by atoms with Gasteiger partial charge in [0.2, 0.25) is 0 Å². The predicted molar refractivity (Wildman–Crippen MR) is 106 cm³/mol. The largest absolute Gasteiger partial charge is 0.326 e. The lowest BCUT2D eigenvalue weighted by molar-refractivity contribution is 0.446. The number of aromatic nitrogens is 6. The Morgan fingerprint density at radius 1 is 0.963 bits per heavy atom. The van der Waals surface area contributed by atoms with E-state index in [-0.39, 0.29) is 0 Å². The highest BCUT2D eigenvalue weighted by molar-refractivity contribution is 5.94. The summed E-state index contributed by atoms with van der Waals surface area (Å²) < 4.78 is 4.28. The molecule has 0 radical (unpaired) electrons. The molecule has 1 aliphatic carbocycles. The molecular weight excluding hydrogens is 336 g/mol. The summed E-state index contributed by atoms with van der Waals surface area (Å²) in [6, 6.07) is 4.42. The SMILES string of the molecule is Cc1c(C)n(C2CCCCCC2)c2ncn3nc(-c4ccncc4)nc3c12. The minimum Gasteiger partial charge on any atom is -0.326 e. The van der Waals surface area contributed by atoms with Crippen LogP contribution in [-0.2, 0) is 0 Å². The van der Waals surface area contributed by atoms with Crippen LogP contribution in [0.1, 0.15) is 55.8 Å². The van der Waals surface area contributed by atoms with E-state index in [4.69, 9.17) is 9.97 Å². The number of fused-ring (bicyclic) bond motifs is 3. The monoisotopic (exact) mass is 360 g/mol. The molecule has 6 nitrogen and oxygen atoms in total. The highest BCUT2D eigenvalue weighted by Crippen LogP contribution is 2.35. The Balaban J connectivity index is 1.72. The molecule has 0 unspecified atom stereocenters. The van der Waals surface area contributed by atoms with Gasteiger partial charge in [0.15, 0.2) is 11.5 Å². The van der Waals surface area contributed by atoms with Gasteiger partial charge in [0.05, 0.1) is 5.39 Å². The zero-order chi connectivity index (χ0) is 18.4. The number of hydrogen-bond acceptors (Lipinski definition) is 4. The van der Waals surface area contributed by atoms with Crippen LogP contribution < -0.4 is 0 Å². The third-order valence-corrected chi connectivity index (χ3v) is 6.00. The Bertz CT molecular complexity index is 1100. The van der Waals surface area contributed by atoms with Crippen molar-refractivity contribution in [1.29, 1.82) is 0 Å². The van der Waals surface area contributed by atoms with E-state index in [1.165, 1.54) is 49.8 Å². The molecule has 0 N–H and O–H groups in total. The lowest BCUT2D eigenvalue weighted by Crippen LogP contribution is -2.10. The van der Waals surface area contributed by atoms with Gasteiger partial charge in [0.25, 0.3) is 0 Å². The smallest absolute Gasteiger partial charge is 0.182 e. The molecule has 4 aromatic rings. The highest BCUT2D eigenvalue weighted by Gasteiger charge is 2.23. The van der Waals surface area contributed by atoms with E-state index >= 15 is 0 Å². The van der Waals surface area contributed by atoms with Crippen molar-refractivity contribution in [2.24, 2.45) is 0 Å². The lowest BCUT2D eigenvalue weighted by Gasteiger charge is -2.19. The van der Waals surface area contributed by atoms with Crippen molar-refractivity contribution < 1.29 is 0 Å². The third-order valence-electron chi connectivity index (χ3n) is 6.00. The molecule has 4 heterocycles. The molecule has 1 aliphatic rings. The molecule has 138 valence electrons. The van der Waals surface area contributed by atoms with E-state index in [1.54, 1.807) is 18.7 Å². The number of rotatable bonds is 2. The molecular formula is C21H24N6. The van der Waals surface area contributed by atoms with Crippen LogP contribution >= 0.6 is 0 Å². The van der Waals surface area contributed by atoms with Crippen molar-refractivity contribution in [3.05, 3.63) is 42.1 Å². The normalized spacial score (nSPS) is 16.2. The first-order valence-electron chi connectivity index (χ1n) is 9.87. The van der Waals surface area contributed by atoms with E-state index in [9.17, 15) is 0 Å². The fourth-order valence-electron chi connectivity index (χ4n) is 4.47. The summed E-state index contributed by atoms with van der Waals surface area (Å²) in [7, 11) is 0. The van der Waals surface area contributed by atoms with Gasteiger partial charge in [-0.25, -0.2) is 14.5 Å². The minimum absolute atomic E-state index is 0.543. The van der Waals surface area contributed by atoms with Gasteiger partial charge in [-0.1, -0.05) is 25.7 Å². The van der Waals surface area contributed by atoms with Crippen molar-refractivity contribution in [3.63, 3.8) is 0 Å². The Kier molecular flexibility index (Phi) is 3.92. The maximum absolute atomic E-state index is 4.86. The van der Waals surface area contributed by atoms with Gasteiger partial charge < -0.3 is 4.57 Å². The quantitative estimate of drug-likeness (QED) is 0.488. The second-order valence-electron chi connectivity index (χ2n) is 7.61. The summed E-state index contributed by atoms with van der Waals surface area (Å²) in [5, 5.41) is 5.78. The number of nitrogens with zero attached hydrogens (tertiary/aromatic N) is 6. The molecule has 0 spiro atoms. The summed E-state index contributed by atoms with van der Waals surface area (Å²) in [6.45, 7) is 4.41. The average Bonchev–Trinajstić information content (AvgIpc) is 3.10. The molecule has 4 aromatic heterocycles. The molecule has 0 amide bonds. The van der Waals surface area contributed by atoms with E-state index in [2.05, 4.69) is 28.5 Å². The van der Waals surface area contributed by atoms with Crippen LogP contribution in [0.2, 0.25) is 0 Å². The molecule has 5 rings (SSSR count). The second kappa shape index (κ2) is 6.44. The number of hydrogen-bond donors (Lipinski definition) is 0. The van der Waals surface area contributed by atoms with Crippen LogP contribution in [0.5, 0.6) is 0 Å². The average molecular weight is 360 g/mol. The summed E-state index contributed by atoms with van der Waals surface area (Å²) in [6.07, 6.45) is 13.2. The molecule has 0 aliphatic heterocycles. The molecule has 0 aromatic carbocycles. The van der Waals surface area contributed by atoms with Crippen LogP contribution in [0, 0.1) is 13.8 Å². The second-order valence-corrected chi connectivity index (χ2v) is 7.61. The van der Waals surface area contributed by atoms with Crippen molar-refractivity contribution in [2.45, 2.75) is 58.4 Å². The minimum atomic E-state index is 0.543. The summed E-state index contributed by atoms with van der Waals surface area (Å²) >= 11 is 0. The van der Waals surface area contributed by atoms with Crippen LogP contribution in [0.3, 0.4) is 0 Å². The lowest BCUT2D eigenvalue weighted by atomic mass is 10.1. The molecule has 0 atom stereocenters. The van der Waals surface area contributed by atoms with Gasteiger partial charge >= 0.3 is 0 Å². The van der Waals surface area contributed by atoms with E-state index in [0.717, 1.165) is 22.2 Å². The van der Waals surface area contributed by atoms with E-state index in [1.807, 2.05) is 16.6 Å². The predicted octanol–water partition coefficient (Wildman–Crippen LogP) is 4.65. The molecule has 0 saturated heterocycles. The number of pyridine rings is 1. The summed E-state index contributed by atoms with van der Waals surface area (Å²) in [5.74, 6) is 0.714. The Labute approximate surface area is 158 Å². The fraction of sp³-hybridized carbons (Fsp3) is 0.429. The van der Waals surface area contributed by atoms with Crippen LogP contribution in [0.15, 0.2) is 30.9 Å². The first-order valence-corrected chi connectivity index (χ1v) is 9.87. The van der Waals surface area contributed by atoms with Crippen molar-refractivity contribution >= 4 is 16.7 Å². The topological polar surface area (TPSA) is 60.9 Å². The van der Waals surface area contributed by atoms with Crippen LogP contribution in [0.25, 0.3) is 28.1 Å². The van der Waals surface area contributed by atoms with Crippen LogP contribution in [0.4, 0.5) is 0 Å². The maximum Gasteiger partial charge on any atom is 0.182 e. The number of aryl methyl sites for hydroxylation is 1. The maximum atomic E-state index is 4.86. The zero-order valence-electron chi connectivity index (χ0n) is 15.9. The Morgan fingerprint density at radius 3 is 2.44 bits per heavy atom. The first kappa shape index (κ1) is 16.4. The fourth-order valence-corrected chi connectivity index (χ4v) is 4.47. The first-order chi connectivity index (χ1) is 13.2. The van der Waals surface area contributed by atoms with Crippen molar-refractivity contribution in [2.75, 3.05) is 0 Å². The van der Waals surface area contributed by atoms with E-state index < -0.39 is 0 Å². The molecule has 6 heteroatoms. The standard InChI is InChI=1S/C21H24N6/c1-14-15(2)27(17-7-5-3-4-6-8-17)20-18(14)21-24-19(25-26(21)13-23-20)16-9-11-22-12-10-16/h9-13,17H,3-8H2,1-2H3. The Morgan fingerprint density at radius 2 is 1.70 bits per heavy atom. The zero-order valence-corrected chi connectivity index (χ0v) is 15.9. The molecule has 1 saturated carbocycles. The van der Waals surface area contributed by atoms with Gasteiger partial charge in [-0.2, -0.15) is 0 Å². The molecule has 27 heavy (non-hydrogen) atoms. The Hall–Kier alpha value is -2.76. The van der Waals surface area contributed by atoms with Crippen molar-refractivity contribution in [3.8, 4) is 11.4 Å². The van der Waals surface area contributed by atoms with Gasteiger partial charge in [0, 0.05) is 29.7 Å². The van der Waals surface area contributed by atoms with Gasteiger partial charge in [-0.05, 0) is 44.4 Å².